The van der Waals surface area contributed by atoms with Gasteiger partial charge in [0.15, 0.2) is 0 Å². The molecule has 0 aliphatic rings. The highest BCUT2D eigenvalue weighted by molar-refractivity contribution is 6.33. The Labute approximate surface area is 285 Å². The molecular weight excluding hydrogens is 661 g/mol. The molecule has 0 heterocycles. The van der Waals surface area contributed by atoms with Gasteiger partial charge in [-0.3, -0.25) is 4.79 Å². The molecule has 0 aliphatic heterocycles. The molecule has 48 heavy (non-hydrogen) atoms. The van der Waals surface area contributed by atoms with E-state index in [4.69, 9.17) is 35.3 Å². The fourth-order valence-corrected chi connectivity index (χ4v) is 3.77. The van der Waals surface area contributed by atoms with Gasteiger partial charge in [0, 0.05) is 13.3 Å². The first kappa shape index (κ1) is 44.0. The lowest BCUT2D eigenvalue weighted by molar-refractivity contribution is -0.168. The molecule has 0 saturated heterocycles. The summed E-state index contributed by atoms with van der Waals surface area (Å²) in [5, 5.41) is -0.273. The van der Waals surface area contributed by atoms with Gasteiger partial charge in [-0.25, -0.2) is 14.4 Å². The summed E-state index contributed by atoms with van der Waals surface area (Å²) in [4.78, 5) is 45.4. The summed E-state index contributed by atoms with van der Waals surface area (Å²) in [5.74, 6) is -1.19. The average molecular weight is 707 g/mol. The highest BCUT2D eigenvalue weighted by Gasteiger charge is 2.37. The van der Waals surface area contributed by atoms with Crippen molar-refractivity contribution < 1.29 is 60.8 Å². The van der Waals surface area contributed by atoms with Crippen LogP contribution in [-0.2, 0) is 34.7 Å². The van der Waals surface area contributed by atoms with Crippen LogP contribution in [0.15, 0.2) is 36.4 Å². The number of carbonyl (C=O) groups is 4. The monoisotopic (exact) mass is 706 g/mol. The molecule has 2 aromatic carbocycles. The van der Waals surface area contributed by atoms with Crippen LogP contribution in [0, 0.1) is 6.92 Å². The molecule has 0 radical (unpaired) electrons. The molecule has 14 heteroatoms. The molecule has 2 aromatic rings. The van der Waals surface area contributed by atoms with Crippen LogP contribution in [0.4, 0.5) is 18.0 Å². The van der Waals surface area contributed by atoms with Crippen LogP contribution in [-0.4, -0.2) is 55.3 Å². The van der Waals surface area contributed by atoms with Crippen molar-refractivity contribution in [2.24, 2.45) is 0 Å². The van der Waals surface area contributed by atoms with Gasteiger partial charge in [0.2, 0.25) is 6.29 Å². The molecule has 0 saturated carbocycles. The van der Waals surface area contributed by atoms with E-state index in [0.717, 1.165) is 17.7 Å². The molecule has 0 fully saturated rings. The third kappa shape index (κ3) is 17.2. The number of hydrogen-bond donors (Lipinski definition) is 0. The van der Waals surface area contributed by atoms with Crippen molar-refractivity contribution in [3.63, 3.8) is 0 Å². The normalized spacial score (nSPS) is 11.4. The van der Waals surface area contributed by atoms with Gasteiger partial charge in [-0.15, -0.1) is 0 Å². The zero-order valence-electron chi connectivity index (χ0n) is 29.0. The Morgan fingerprint density at radius 3 is 1.73 bits per heavy atom. The Bertz CT molecular complexity index is 1330. The topological polar surface area (TPSA) is 124 Å². The minimum Gasteiger partial charge on any atom is -0.493 e. The summed E-state index contributed by atoms with van der Waals surface area (Å²) >= 11 is 5.61. The minimum absolute atomic E-state index is 0.124. The molecular formula is C34H46ClF3O10. The molecule has 0 aliphatic carbocycles. The van der Waals surface area contributed by atoms with E-state index in [0.29, 0.717) is 30.8 Å². The van der Waals surface area contributed by atoms with Crippen molar-refractivity contribution in [3.05, 3.63) is 63.7 Å². The van der Waals surface area contributed by atoms with Gasteiger partial charge in [0.05, 0.1) is 41.1 Å². The van der Waals surface area contributed by atoms with Crippen molar-refractivity contribution >= 4 is 35.7 Å². The van der Waals surface area contributed by atoms with Gasteiger partial charge in [0.1, 0.15) is 11.3 Å². The van der Waals surface area contributed by atoms with Crippen molar-refractivity contribution in [1.82, 2.24) is 0 Å². The Morgan fingerprint density at radius 1 is 0.729 bits per heavy atom. The molecule has 0 amide bonds. The van der Waals surface area contributed by atoms with E-state index in [2.05, 4.69) is 4.74 Å². The second-order valence-electron chi connectivity index (χ2n) is 10.8. The summed E-state index contributed by atoms with van der Waals surface area (Å²) in [7, 11) is 0. The Hall–Kier alpha value is -4.00. The lowest BCUT2D eigenvalue weighted by Crippen LogP contribution is -2.23. The van der Waals surface area contributed by atoms with E-state index >= 15 is 0 Å². The molecule has 0 bridgehead atoms. The Kier molecular flexibility index (Phi) is 20.0. The Morgan fingerprint density at radius 2 is 1.25 bits per heavy atom. The van der Waals surface area contributed by atoms with E-state index in [-0.39, 0.29) is 29.2 Å². The third-order valence-electron chi connectivity index (χ3n) is 5.29. The van der Waals surface area contributed by atoms with Gasteiger partial charge < -0.3 is 28.4 Å². The van der Waals surface area contributed by atoms with Crippen LogP contribution in [0.3, 0.4) is 0 Å². The average Bonchev–Trinajstić information content (AvgIpc) is 2.92. The van der Waals surface area contributed by atoms with Crippen LogP contribution >= 0.6 is 11.6 Å². The van der Waals surface area contributed by atoms with Crippen molar-refractivity contribution in [2.75, 3.05) is 6.61 Å². The number of alkyl halides is 3. The van der Waals surface area contributed by atoms with Crippen LogP contribution in [0.5, 0.6) is 5.75 Å². The number of aryl methyl sites for hydroxylation is 1. The maximum Gasteiger partial charge on any atom is 0.511 e. The summed E-state index contributed by atoms with van der Waals surface area (Å²) in [6.45, 7) is 17.8. The highest BCUT2D eigenvalue weighted by atomic mass is 35.5. The third-order valence-corrected chi connectivity index (χ3v) is 5.61. The van der Waals surface area contributed by atoms with Gasteiger partial charge in [0.25, 0.3) is 0 Å². The van der Waals surface area contributed by atoms with Crippen LogP contribution in [0.25, 0.3) is 0 Å². The molecule has 0 aromatic heterocycles. The molecule has 2 rings (SSSR count). The highest BCUT2D eigenvalue weighted by Crippen LogP contribution is 2.35. The maximum absolute atomic E-state index is 12.7. The summed E-state index contributed by atoms with van der Waals surface area (Å²) in [6.07, 6.45) is -6.26. The van der Waals surface area contributed by atoms with Crippen LogP contribution in [0.1, 0.15) is 107 Å². The zero-order chi connectivity index (χ0) is 37.2. The van der Waals surface area contributed by atoms with Crippen molar-refractivity contribution in [2.45, 2.75) is 113 Å². The molecule has 1 unspecified atom stereocenters. The van der Waals surface area contributed by atoms with E-state index in [1.165, 1.54) is 13.0 Å². The van der Waals surface area contributed by atoms with Gasteiger partial charge >= 0.3 is 30.2 Å². The second-order valence-corrected chi connectivity index (χ2v) is 11.2. The summed E-state index contributed by atoms with van der Waals surface area (Å²) in [6, 6.07) is 8.67. The fraction of sp³-hybridized carbons (Fsp3) is 0.529. The number of halogens is 4. The molecule has 1 atom stereocenters. The van der Waals surface area contributed by atoms with Crippen LogP contribution < -0.4 is 4.74 Å². The van der Waals surface area contributed by atoms with Gasteiger partial charge in [-0.05, 0) is 85.6 Å². The Balaban J connectivity index is 0.000000692. The van der Waals surface area contributed by atoms with E-state index in [1.807, 2.05) is 46.8 Å². The van der Waals surface area contributed by atoms with E-state index in [9.17, 15) is 32.3 Å². The standard InChI is InChI=1S/C13H18O3.C11H10ClF3O2.C10H18O5/c1-5-15-11-8-6-7-10(4)12(11)13(14)16-9(2)3;1-6(2)17-10(16)9-7(11(13,14)15)4-3-5-8(9)12;1-5-6-9(11)14-8(4)15-10(12)13-7(2)3/h6-9H,5H2,1-4H3;3-6H,1-2H3;7-8H,5-6H2,1-4H3. The van der Waals surface area contributed by atoms with Gasteiger partial charge in [-0.1, -0.05) is 36.7 Å². The number of benzene rings is 2. The molecule has 0 N–H and O–H groups in total. The second kappa shape index (κ2) is 21.8. The first-order valence-electron chi connectivity index (χ1n) is 15.3. The lowest BCUT2D eigenvalue weighted by atomic mass is 10.1. The predicted octanol–water partition coefficient (Wildman–Crippen LogP) is 9.12. The summed E-state index contributed by atoms with van der Waals surface area (Å²) < 4.78 is 67.5. The molecule has 10 nitrogen and oxygen atoms in total. The molecule has 270 valence electrons. The number of carbonyl (C=O) groups excluding carboxylic acids is 4. The maximum atomic E-state index is 12.7. The van der Waals surface area contributed by atoms with E-state index in [1.54, 1.807) is 33.8 Å². The van der Waals surface area contributed by atoms with E-state index < -0.39 is 41.8 Å². The fourth-order valence-electron chi connectivity index (χ4n) is 3.52. The number of ether oxygens (including phenoxy) is 6. The van der Waals surface area contributed by atoms with Crippen molar-refractivity contribution in [1.29, 1.82) is 0 Å². The predicted molar refractivity (Wildman–Crippen MR) is 173 cm³/mol. The summed E-state index contributed by atoms with van der Waals surface area (Å²) in [5.41, 5.74) is -0.333. The SMILES string of the molecule is CC(C)OC(=O)c1c(Cl)cccc1C(F)(F)F.CCCC(=O)OC(C)OC(=O)OC(C)C.CCOc1cccc(C)c1C(=O)OC(C)C. The first-order chi connectivity index (χ1) is 22.2. The van der Waals surface area contributed by atoms with Crippen LogP contribution in [0.2, 0.25) is 5.02 Å². The number of rotatable bonds is 11. The number of hydrogen-bond acceptors (Lipinski definition) is 10. The number of esters is 3. The lowest BCUT2D eigenvalue weighted by Gasteiger charge is -2.14. The molecule has 0 spiro atoms. The minimum atomic E-state index is -4.64. The zero-order valence-corrected chi connectivity index (χ0v) is 29.7. The smallest absolute Gasteiger partial charge is 0.493 e. The largest absolute Gasteiger partial charge is 0.511 e. The first-order valence-corrected chi connectivity index (χ1v) is 15.7. The van der Waals surface area contributed by atoms with Gasteiger partial charge in [-0.2, -0.15) is 13.2 Å². The quantitative estimate of drug-likeness (QED) is 0.127. The van der Waals surface area contributed by atoms with Crippen molar-refractivity contribution in [3.8, 4) is 5.75 Å².